The van der Waals surface area contributed by atoms with E-state index >= 15 is 0 Å². The highest BCUT2D eigenvalue weighted by Crippen LogP contribution is 2.55. The monoisotopic (exact) mass is 660 g/mol. The van der Waals surface area contributed by atoms with Crippen LogP contribution >= 0.6 is 0 Å². The SMILES string of the molecule is CCC(C)(C)C(=O)OC.CCC(C)(C)C(=O)OC1C2CC3C(=O)OC1C3O2.OC(CC1CC2CCC1C2)(C(F)(F)F)C(F)(F)F. The zero-order chi connectivity index (χ0) is 34.3. The maximum atomic E-state index is 12.5. The molecule has 4 bridgehead atoms. The van der Waals surface area contributed by atoms with Gasteiger partial charge in [-0.05, 0) is 90.4 Å². The third-order valence-electron chi connectivity index (χ3n) is 10.5. The molecule has 3 aliphatic heterocycles. The highest BCUT2D eigenvalue weighted by atomic mass is 19.4. The summed E-state index contributed by atoms with van der Waals surface area (Å²) in [6.45, 7) is 11.4. The highest BCUT2D eigenvalue weighted by Gasteiger charge is 2.71. The fourth-order valence-corrected chi connectivity index (χ4v) is 6.63. The molecular weight excluding hydrogens is 614 g/mol. The Kier molecular flexibility index (Phi) is 11.0. The first-order chi connectivity index (χ1) is 20.5. The van der Waals surface area contributed by atoms with Crippen LogP contribution < -0.4 is 0 Å². The number of aliphatic hydroxyl groups is 1. The van der Waals surface area contributed by atoms with Crippen molar-refractivity contribution >= 4 is 17.9 Å². The summed E-state index contributed by atoms with van der Waals surface area (Å²) in [5.41, 5.74) is -5.38. The Labute approximate surface area is 259 Å². The summed E-state index contributed by atoms with van der Waals surface area (Å²) in [4.78, 5) is 34.4. The van der Waals surface area contributed by atoms with E-state index < -0.39 is 47.9 Å². The Balaban J connectivity index is 0.000000196. The Morgan fingerprint density at radius 2 is 1.42 bits per heavy atom. The molecule has 0 radical (unpaired) electrons. The zero-order valence-corrected chi connectivity index (χ0v) is 26.8. The average molecular weight is 661 g/mol. The number of alkyl halides is 6. The van der Waals surface area contributed by atoms with Crippen LogP contribution in [0.15, 0.2) is 0 Å². The van der Waals surface area contributed by atoms with Crippen LogP contribution in [0.25, 0.3) is 0 Å². The van der Waals surface area contributed by atoms with Gasteiger partial charge in [-0.3, -0.25) is 14.4 Å². The van der Waals surface area contributed by atoms with E-state index in [4.69, 9.17) is 19.3 Å². The van der Waals surface area contributed by atoms with Crippen molar-refractivity contribution in [2.75, 3.05) is 7.11 Å². The molecule has 8 nitrogen and oxygen atoms in total. The van der Waals surface area contributed by atoms with E-state index in [1.807, 2.05) is 41.5 Å². The lowest BCUT2D eigenvalue weighted by atomic mass is 9.79. The first-order valence-electron chi connectivity index (χ1n) is 15.5. The summed E-state index contributed by atoms with van der Waals surface area (Å²) in [6, 6.07) is 0. The van der Waals surface area contributed by atoms with Crippen LogP contribution in [0.3, 0.4) is 0 Å². The molecule has 2 aliphatic carbocycles. The third kappa shape index (κ3) is 7.57. The van der Waals surface area contributed by atoms with Crippen LogP contribution in [0, 0.1) is 34.5 Å². The lowest BCUT2D eigenvalue weighted by Crippen LogP contribution is -2.58. The first-order valence-corrected chi connectivity index (χ1v) is 15.5. The molecule has 14 heteroatoms. The second-order valence-electron chi connectivity index (χ2n) is 14.2. The molecule has 5 rings (SSSR count). The van der Waals surface area contributed by atoms with Crippen LogP contribution in [-0.4, -0.2) is 72.5 Å². The van der Waals surface area contributed by atoms with Crippen LogP contribution in [0.1, 0.15) is 92.9 Å². The number of methoxy groups -OCH3 is 1. The molecule has 3 saturated heterocycles. The Morgan fingerprint density at radius 1 is 0.867 bits per heavy atom. The topological polar surface area (TPSA) is 108 Å². The number of rotatable bonds is 7. The highest BCUT2D eigenvalue weighted by molar-refractivity contribution is 5.79. The number of fused-ring (bicyclic) bond motifs is 3. The van der Waals surface area contributed by atoms with Crippen molar-refractivity contribution in [2.24, 2.45) is 34.5 Å². The number of hydrogen-bond donors (Lipinski definition) is 1. The molecule has 45 heavy (non-hydrogen) atoms. The van der Waals surface area contributed by atoms with Gasteiger partial charge in [0, 0.05) is 0 Å². The van der Waals surface area contributed by atoms with E-state index in [9.17, 15) is 40.7 Å². The van der Waals surface area contributed by atoms with Gasteiger partial charge in [-0.15, -0.1) is 0 Å². The van der Waals surface area contributed by atoms with Gasteiger partial charge in [0.25, 0.3) is 5.60 Å². The summed E-state index contributed by atoms with van der Waals surface area (Å²) in [7, 11) is 1.42. The van der Waals surface area contributed by atoms with Gasteiger partial charge in [-0.1, -0.05) is 20.3 Å². The predicted octanol–water partition coefficient (Wildman–Crippen LogP) is 6.31. The van der Waals surface area contributed by atoms with E-state index in [0.29, 0.717) is 32.1 Å². The number of hydrogen-bond acceptors (Lipinski definition) is 8. The van der Waals surface area contributed by atoms with Gasteiger partial charge < -0.3 is 24.1 Å². The molecular formula is C31H46F6O8. The molecule has 0 aromatic rings. The van der Waals surface area contributed by atoms with Crippen molar-refractivity contribution < 1.29 is 64.8 Å². The molecule has 8 unspecified atom stereocenters. The standard InChI is InChI=1S/C13H18O5.C11H14F6O.C7H14O2/c1-4-13(2,3)12(15)18-9-7-5-6-8(16-7)10(9)17-11(6)14;12-10(13,14)9(18,11(15,16)17)5-8-4-6-1-2-7(8)3-6;1-5-7(2,3)6(8)9-4/h6-10H,4-5H2,1-3H3;6-8,18H,1-5H2;5H2,1-4H3. The molecule has 3 heterocycles. The number of ether oxygens (including phenoxy) is 4. The minimum Gasteiger partial charge on any atom is -0.469 e. The van der Waals surface area contributed by atoms with Gasteiger partial charge in [0.05, 0.1) is 30.0 Å². The molecule has 0 amide bonds. The van der Waals surface area contributed by atoms with Crippen molar-refractivity contribution in [3.63, 3.8) is 0 Å². The summed E-state index contributed by atoms with van der Waals surface area (Å²) >= 11 is 0. The smallest absolute Gasteiger partial charge is 0.426 e. The summed E-state index contributed by atoms with van der Waals surface area (Å²) < 4.78 is 96.2. The van der Waals surface area contributed by atoms with Crippen LogP contribution in [-0.2, 0) is 33.3 Å². The lowest BCUT2D eigenvalue weighted by Gasteiger charge is -2.36. The van der Waals surface area contributed by atoms with Crippen LogP contribution in [0.4, 0.5) is 26.3 Å². The first kappa shape index (κ1) is 37.4. The number of carbonyl (C=O) groups excluding carboxylic acids is 3. The second-order valence-corrected chi connectivity index (χ2v) is 14.2. The molecule has 1 N–H and O–H groups in total. The van der Waals surface area contributed by atoms with E-state index in [0.717, 1.165) is 12.8 Å². The second kappa shape index (κ2) is 13.2. The fraction of sp³-hybridized carbons (Fsp3) is 0.903. The fourth-order valence-electron chi connectivity index (χ4n) is 6.63. The third-order valence-corrected chi connectivity index (χ3v) is 10.5. The number of carbonyl (C=O) groups is 3. The van der Waals surface area contributed by atoms with Crippen molar-refractivity contribution in [3.05, 3.63) is 0 Å². The molecule has 5 aliphatic rings. The van der Waals surface area contributed by atoms with Gasteiger partial charge in [-0.2, -0.15) is 26.3 Å². The molecule has 0 spiro atoms. The minimum atomic E-state index is -5.67. The zero-order valence-electron chi connectivity index (χ0n) is 26.8. The average Bonchev–Trinajstić information content (AvgIpc) is 3.76. The van der Waals surface area contributed by atoms with E-state index in [1.165, 1.54) is 7.11 Å². The van der Waals surface area contributed by atoms with Gasteiger partial charge in [0.2, 0.25) is 0 Å². The van der Waals surface area contributed by atoms with E-state index in [-0.39, 0.29) is 53.3 Å². The number of esters is 3. The lowest BCUT2D eigenvalue weighted by molar-refractivity contribution is -0.373. The minimum absolute atomic E-state index is 0.0915. The molecule has 2 saturated carbocycles. The van der Waals surface area contributed by atoms with Gasteiger partial charge in [0.1, 0.15) is 6.10 Å². The summed E-state index contributed by atoms with van der Waals surface area (Å²) in [5.74, 6) is -1.25. The number of halogens is 6. The molecule has 8 atom stereocenters. The molecule has 260 valence electrons. The van der Waals surface area contributed by atoms with Gasteiger partial charge in [-0.25, -0.2) is 0 Å². The maximum Gasteiger partial charge on any atom is 0.426 e. The Hall–Kier alpha value is -2.09. The Bertz CT molecular complexity index is 1070. The van der Waals surface area contributed by atoms with Crippen molar-refractivity contribution in [2.45, 2.75) is 135 Å². The van der Waals surface area contributed by atoms with Crippen LogP contribution in [0.5, 0.6) is 0 Å². The summed E-state index contributed by atoms with van der Waals surface area (Å²) in [5, 5.41) is 9.12. The van der Waals surface area contributed by atoms with Crippen molar-refractivity contribution in [1.82, 2.24) is 0 Å². The largest absolute Gasteiger partial charge is 0.469 e. The van der Waals surface area contributed by atoms with Gasteiger partial charge >= 0.3 is 30.3 Å². The van der Waals surface area contributed by atoms with Crippen LogP contribution in [0.2, 0.25) is 0 Å². The summed E-state index contributed by atoms with van der Waals surface area (Å²) in [6.07, 6.45) is -8.99. The van der Waals surface area contributed by atoms with Gasteiger partial charge in [0.15, 0.2) is 12.2 Å². The van der Waals surface area contributed by atoms with Crippen molar-refractivity contribution in [1.29, 1.82) is 0 Å². The van der Waals surface area contributed by atoms with Crippen molar-refractivity contribution in [3.8, 4) is 0 Å². The van der Waals surface area contributed by atoms with E-state index in [2.05, 4.69) is 4.74 Å². The Morgan fingerprint density at radius 3 is 1.84 bits per heavy atom. The normalized spacial score (nSPS) is 31.9. The quantitative estimate of drug-likeness (QED) is 0.192. The maximum absolute atomic E-state index is 12.5. The molecule has 0 aromatic heterocycles. The molecule has 0 aromatic carbocycles. The van der Waals surface area contributed by atoms with E-state index in [1.54, 1.807) is 0 Å². The molecule has 5 fully saturated rings. The predicted molar refractivity (Wildman–Crippen MR) is 147 cm³/mol.